The summed E-state index contributed by atoms with van der Waals surface area (Å²) in [5.74, 6) is 0. The molecule has 226 valence electrons. The Hall–Kier alpha value is -6.38. The summed E-state index contributed by atoms with van der Waals surface area (Å²) < 4.78 is 4.80. The van der Waals surface area contributed by atoms with Crippen molar-refractivity contribution in [2.24, 2.45) is 0 Å². The molecule has 48 heavy (non-hydrogen) atoms. The van der Waals surface area contributed by atoms with E-state index in [-0.39, 0.29) is 0 Å². The lowest BCUT2D eigenvalue weighted by Gasteiger charge is -2.13. The second-order valence-corrected chi connectivity index (χ2v) is 12.3. The molecule has 0 unspecified atom stereocenters. The molecule has 9 aromatic rings. The van der Waals surface area contributed by atoms with Crippen molar-refractivity contribution in [3.05, 3.63) is 182 Å². The highest BCUT2D eigenvalue weighted by molar-refractivity contribution is 6.12. The maximum Gasteiger partial charge on any atom is 0.0541 e. The van der Waals surface area contributed by atoms with Gasteiger partial charge in [0, 0.05) is 32.9 Å². The maximum absolute atomic E-state index is 3.97. The second kappa shape index (κ2) is 11.2. The molecule has 0 N–H and O–H groups in total. The van der Waals surface area contributed by atoms with Crippen LogP contribution in [0.2, 0.25) is 0 Å². The third kappa shape index (κ3) is 4.42. The first-order valence-electron chi connectivity index (χ1n) is 16.3. The van der Waals surface area contributed by atoms with Crippen molar-refractivity contribution in [2.45, 2.75) is 0 Å². The molecule has 0 saturated carbocycles. The van der Waals surface area contributed by atoms with Gasteiger partial charge in [-0.25, -0.2) is 0 Å². The van der Waals surface area contributed by atoms with E-state index in [0.717, 1.165) is 22.5 Å². The molecular weight excluding hydrogens is 581 g/mol. The third-order valence-electron chi connectivity index (χ3n) is 9.60. The van der Waals surface area contributed by atoms with Gasteiger partial charge in [-0.2, -0.15) is 0 Å². The second-order valence-electron chi connectivity index (χ2n) is 12.3. The summed E-state index contributed by atoms with van der Waals surface area (Å²) in [6.45, 7) is 7.93. The molecule has 0 spiro atoms. The minimum absolute atomic E-state index is 1.12. The first kappa shape index (κ1) is 27.9. The Bertz CT molecular complexity index is 2530. The number of nitrogens with zero attached hydrogens (tertiary/aromatic N) is 2. The van der Waals surface area contributed by atoms with Crippen LogP contribution >= 0.6 is 0 Å². The molecule has 0 aliphatic heterocycles. The van der Waals surface area contributed by atoms with E-state index in [1.165, 1.54) is 65.9 Å². The zero-order chi connectivity index (χ0) is 32.2. The zero-order valence-electron chi connectivity index (χ0n) is 26.5. The van der Waals surface area contributed by atoms with E-state index in [0.29, 0.717) is 0 Å². The number of hydrogen-bond acceptors (Lipinski definition) is 0. The Balaban J connectivity index is 1.23. The Kier molecular flexibility index (Phi) is 6.48. The number of aromatic nitrogens is 2. The fourth-order valence-corrected chi connectivity index (χ4v) is 7.32. The number of para-hydroxylation sites is 2. The van der Waals surface area contributed by atoms with E-state index in [2.05, 4.69) is 180 Å². The highest BCUT2D eigenvalue weighted by Crippen LogP contribution is 2.38. The first-order chi connectivity index (χ1) is 23.7. The molecule has 0 bridgehead atoms. The van der Waals surface area contributed by atoms with Crippen LogP contribution < -0.4 is 0 Å². The topological polar surface area (TPSA) is 9.86 Å². The van der Waals surface area contributed by atoms with E-state index in [9.17, 15) is 0 Å². The van der Waals surface area contributed by atoms with Crippen molar-refractivity contribution < 1.29 is 0 Å². The molecule has 0 aliphatic rings. The lowest BCUT2D eigenvalue weighted by Crippen LogP contribution is -1.98. The van der Waals surface area contributed by atoms with Gasteiger partial charge in [0.05, 0.1) is 22.1 Å². The highest BCUT2D eigenvalue weighted by atomic mass is 15.0. The van der Waals surface area contributed by atoms with Gasteiger partial charge in [-0.3, -0.25) is 0 Å². The van der Waals surface area contributed by atoms with Gasteiger partial charge in [0.25, 0.3) is 0 Å². The molecule has 0 radical (unpaired) electrons. The van der Waals surface area contributed by atoms with Gasteiger partial charge < -0.3 is 9.13 Å². The SMILES string of the molecule is C=Cc1cccc(-c2ccc3c(c2)c2ccccc2n3-c2cccc(-n3c4ccccc4c4cc(-c5cccc(C=C)c5)ccc43)c2)c1. The van der Waals surface area contributed by atoms with Crippen LogP contribution in [0.1, 0.15) is 11.1 Å². The van der Waals surface area contributed by atoms with Gasteiger partial charge in [-0.15, -0.1) is 0 Å². The van der Waals surface area contributed by atoms with Crippen LogP contribution in [0.4, 0.5) is 0 Å². The van der Waals surface area contributed by atoms with Crippen LogP contribution in [0.3, 0.4) is 0 Å². The molecule has 9 rings (SSSR count). The van der Waals surface area contributed by atoms with Gasteiger partial charge in [0.15, 0.2) is 0 Å². The average Bonchev–Trinajstić information content (AvgIpc) is 3.67. The standard InChI is InChI=1S/C46H32N2/c1-3-31-12-9-14-33(26-31)35-22-24-45-41(28-35)39-18-5-7-20-43(39)47(45)37-16-11-17-38(30-37)48-44-21-8-6-19-40(44)42-29-36(23-25-46(42)48)34-15-10-13-32(4-2)27-34/h3-30H,1-2H2. The van der Waals surface area contributed by atoms with E-state index in [1.807, 2.05) is 12.2 Å². The summed E-state index contributed by atoms with van der Waals surface area (Å²) in [5, 5.41) is 4.96. The van der Waals surface area contributed by atoms with Crippen LogP contribution in [0.25, 0.3) is 89.4 Å². The minimum Gasteiger partial charge on any atom is -0.309 e. The molecule has 0 atom stereocenters. The van der Waals surface area contributed by atoms with Crippen molar-refractivity contribution >= 4 is 55.8 Å². The highest BCUT2D eigenvalue weighted by Gasteiger charge is 2.17. The van der Waals surface area contributed by atoms with Crippen molar-refractivity contribution in [1.29, 1.82) is 0 Å². The van der Waals surface area contributed by atoms with Crippen LogP contribution in [-0.2, 0) is 0 Å². The molecule has 0 saturated heterocycles. The van der Waals surface area contributed by atoms with Gasteiger partial charge in [0.1, 0.15) is 0 Å². The normalized spacial score (nSPS) is 11.5. The first-order valence-corrected chi connectivity index (χ1v) is 16.3. The maximum atomic E-state index is 3.97. The Morgan fingerprint density at radius 2 is 0.750 bits per heavy atom. The van der Waals surface area contributed by atoms with Crippen molar-refractivity contribution in [3.63, 3.8) is 0 Å². The fourth-order valence-electron chi connectivity index (χ4n) is 7.32. The van der Waals surface area contributed by atoms with Crippen LogP contribution in [0.15, 0.2) is 171 Å². The molecular formula is C46H32N2. The number of rotatable bonds is 6. The summed E-state index contributed by atoms with van der Waals surface area (Å²) in [4.78, 5) is 0. The van der Waals surface area contributed by atoms with E-state index < -0.39 is 0 Å². The smallest absolute Gasteiger partial charge is 0.0541 e. The summed E-state index contributed by atoms with van der Waals surface area (Å²) in [6.07, 6.45) is 3.80. The molecule has 0 amide bonds. The summed E-state index contributed by atoms with van der Waals surface area (Å²) in [5.41, 5.74) is 14.0. The van der Waals surface area contributed by atoms with Gasteiger partial charge in [-0.05, 0) is 100 Å². The molecule has 0 fully saturated rings. The molecule has 2 heterocycles. The third-order valence-corrected chi connectivity index (χ3v) is 9.60. The summed E-state index contributed by atoms with van der Waals surface area (Å²) >= 11 is 0. The average molecular weight is 613 g/mol. The van der Waals surface area contributed by atoms with E-state index in [1.54, 1.807) is 0 Å². The lowest BCUT2D eigenvalue weighted by molar-refractivity contribution is 1.13. The zero-order valence-corrected chi connectivity index (χ0v) is 26.5. The predicted molar refractivity (Wildman–Crippen MR) is 206 cm³/mol. The molecule has 7 aromatic carbocycles. The van der Waals surface area contributed by atoms with E-state index >= 15 is 0 Å². The Labute approximate surface area is 279 Å². The fraction of sp³-hybridized carbons (Fsp3) is 0. The van der Waals surface area contributed by atoms with Crippen molar-refractivity contribution in [3.8, 4) is 33.6 Å². The molecule has 0 aliphatic carbocycles. The van der Waals surface area contributed by atoms with Crippen molar-refractivity contribution in [1.82, 2.24) is 9.13 Å². The minimum atomic E-state index is 1.12. The lowest BCUT2D eigenvalue weighted by atomic mass is 10.0. The summed E-state index contributed by atoms with van der Waals surface area (Å²) in [6, 6.07) is 57.1. The monoisotopic (exact) mass is 612 g/mol. The number of fused-ring (bicyclic) bond motifs is 6. The predicted octanol–water partition coefficient (Wildman–Crippen LogP) is 12.5. The number of hydrogen-bond donors (Lipinski definition) is 0. The summed E-state index contributed by atoms with van der Waals surface area (Å²) in [7, 11) is 0. The quantitative estimate of drug-likeness (QED) is 0.177. The Morgan fingerprint density at radius 3 is 1.23 bits per heavy atom. The van der Waals surface area contributed by atoms with Crippen LogP contribution in [0, 0.1) is 0 Å². The molecule has 2 aromatic heterocycles. The van der Waals surface area contributed by atoms with Crippen LogP contribution in [0.5, 0.6) is 0 Å². The van der Waals surface area contributed by atoms with Crippen LogP contribution in [-0.4, -0.2) is 9.13 Å². The van der Waals surface area contributed by atoms with Gasteiger partial charge in [0.2, 0.25) is 0 Å². The van der Waals surface area contributed by atoms with E-state index in [4.69, 9.17) is 0 Å². The number of benzene rings is 7. The largest absolute Gasteiger partial charge is 0.309 e. The van der Waals surface area contributed by atoms with Gasteiger partial charge >= 0.3 is 0 Å². The van der Waals surface area contributed by atoms with Gasteiger partial charge in [-0.1, -0.05) is 116 Å². The Morgan fingerprint density at radius 1 is 0.333 bits per heavy atom. The molecule has 2 heteroatoms. The molecule has 2 nitrogen and oxygen atoms in total. The van der Waals surface area contributed by atoms with Crippen molar-refractivity contribution in [2.75, 3.05) is 0 Å².